The standard InChI is InChI=1S/C22H21N3O3/c1-22(2,3)19-12-21(28-25-19)24-20(26)14-27-18-10-8-17(9-11-18)16-6-4-15(13-23)5-7-16/h4-12H,14H2,1-3H3,(H,24,26). The van der Waals surface area contributed by atoms with E-state index in [1.807, 2.05) is 45.0 Å². The maximum Gasteiger partial charge on any atom is 0.264 e. The van der Waals surface area contributed by atoms with Gasteiger partial charge in [-0.3, -0.25) is 10.1 Å². The van der Waals surface area contributed by atoms with Crippen molar-refractivity contribution in [3.63, 3.8) is 0 Å². The van der Waals surface area contributed by atoms with Crippen molar-refractivity contribution in [3.05, 3.63) is 65.9 Å². The van der Waals surface area contributed by atoms with Crippen LogP contribution in [-0.4, -0.2) is 17.7 Å². The number of benzene rings is 2. The molecular formula is C22H21N3O3. The highest BCUT2D eigenvalue weighted by atomic mass is 16.5. The summed E-state index contributed by atoms with van der Waals surface area (Å²) in [6, 6.07) is 18.6. The number of ether oxygens (including phenoxy) is 1. The van der Waals surface area contributed by atoms with Crippen LogP contribution in [0.15, 0.2) is 59.1 Å². The Morgan fingerprint density at radius 3 is 2.25 bits per heavy atom. The molecule has 3 aromatic rings. The van der Waals surface area contributed by atoms with Crippen LogP contribution < -0.4 is 10.1 Å². The summed E-state index contributed by atoms with van der Waals surface area (Å²) in [7, 11) is 0. The molecule has 0 saturated heterocycles. The van der Waals surface area contributed by atoms with Crippen molar-refractivity contribution < 1.29 is 14.1 Å². The summed E-state index contributed by atoms with van der Waals surface area (Å²) in [5.74, 6) is 0.558. The van der Waals surface area contributed by atoms with E-state index in [4.69, 9.17) is 14.5 Å². The van der Waals surface area contributed by atoms with Crippen LogP contribution in [0.1, 0.15) is 32.0 Å². The smallest absolute Gasteiger partial charge is 0.264 e. The number of carbonyl (C=O) groups is 1. The molecule has 0 bridgehead atoms. The maximum atomic E-state index is 12.0. The average molecular weight is 375 g/mol. The van der Waals surface area contributed by atoms with Crippen molar-refractivity contribution in [2.45, 2.75) is 26.2 Å². The minimum atomic E-state index is -0.326. The number of hydrogen-bond acceptors (Lipinski definition) is 5. The van der Waals surface area contributed by atoms with E-state index in [0.717, 1.165) is 16.8 Å². The maximum absolute atomic E-state index is 12.0. The van der Waals surface area contributed by atoms with E-state index < -0.39 is 0 Å². The summed E-state index contributed by atoms with van der Waals surface area (Å²) in [5.41, 5.74) is 3.23. The van der Waals surface area contributed by atoms with Crippen LogP contribution in [0.4, 0.5) is 5.88 Å². The van der Waals surface area contributed by atoms with Gasteiger partial charge in [-0.05, 0) is 35.4 Å². The monoisotopic (exact) mass is 375 g/mol. The molecule has 0 unspecified atom stereocenters. The lowest BCUT2D eigenvalue weighted by Gasteiger charge is -2.12. The summed E-state index contributed by atoms with van der Waals surface area (Å²) < 4.78 is 10.7. The molecule has 0 spiro atoms. The molecule has 2 aromatic carbocycles. The third-order valence-corrected chi connectivity index (χ3v) is 4.11. The average Bonchev–Trinajstić information content (AvgIpc) is 3.16. The molecular weight excluding hydrogens is 354 g/mol. The molecule has 0 aliphatic rings. The molecule has 1 N–H and O–H groups in total. The van der Waals surface area contributed by atoms with E-state index in [1.165, 1.54) is 0 Å². The van der Waals surface area contributed by atoms with Crippen LogP contribution in [-0.2, 0) is 10.2 Å². The summed E-state index contributed by atoms with van der Waals surface area (Å²) in [5, 5.41) is 15.5. The Kier molecular flexibility index (Phi) is 5.46. The largest absolute Gasteiger partial charge is 0.484 e. The minimum Gasteiger partial charge on any atom is -0.484 e. The second kappa shape index (κ2) is 7.97. The Morgan fingerprint density at radius 2 is 1.71 bits per heavy atom. The van der Waals surface area contributed by atoms with E-state index >= 15 is 0 Å². The first-order valence-corrected chi connectivity index (χ1v) is 8.85. The quantitative estimate of drug-likeness (QED) is 0.708. The van der Waals surface area contributed by atoms with Crippen molar-refractivity contribution in [1.29, 1.82) is 5.26 Å². The van der Waals surface area contributed by atoms with Crippen LogP contribution in [0.25, 0.3) is 11.1 Å². The van der Waals surface area contributed by atoms with Gasteiger partial charge in [0.25, 0.3) is 5.91 Å². The van der Waals surface area contributed by atoms with Gasteiger partial charge in [0.2, 0.25) is 5.88 Å². The van der Waals surface area contributed by atoms with Gasteiger partial charge in [-0.1, -0.05) is 50.2 Å². The van der Waals surface area contributed by atoms with Gasteiger partial charge in [0, 0.05) is 11.5 Å². The Labute approximate surface area is 163 Å². The number of rotatable bonds is 5. The third-order valence-electron chi connectivity index (χ3n) is 4.11. The Balaban J connectivity index is 1.55. The van der Waals surface area contributed by atoms with Gasteiger partial charge in [-0.2, -0.15) is 5.26 Å². The number of nitrogens with one attached hydrogen (secondary N) is 1. The Morgan fingerprint density at radius 1 is 1.11 bits per heavy atom. The number of amides is 1. The second-order valence-electron chi connectivity index (χ2n) is 7.38. The molecule has 142 valence electrons. The fourth-order valence-corrected chi connectivity index (χ4v) is 2.49. The highest BCUT2D eigenvalue weighted by Gasteiger charge is 2.19. The predicted molar refractivity (Wildman–Crippen MR) is 106 cm³/mol. The van der Waals surface area contributed by atoms with Gasteiger partial charge < -0.3 is 9.26 Å². The molecule has 0 fully saturated rings. The first kappa shape index (κ1) is 19.2. The van der Waals surface area contributed by atoms with Gasteiger partial charge in [-0.15, -0.1) is 0 Å². The Bertz CT molecular complexity index is 991. The number of aromatic nitrogens is 1. The highest BCUT2D eigenvalue weighted by molar-refractivity contribution is 5.90. The summed E-state index contributed by atoms with van der Waals surface area (Å²) >= 11 is 0. The fourth-order valence-electron chi connectivity index (χ4n) is 2.49. The lowest BCUT2D eigenvalue weighted by molar-refractivity contribution is -0.118. The highest BCUT2D eigenvalue weighted by Crippen LogP contribution is 2.24. The molecule has 28 heavy (non-hydrogen) atoms. The van der Waals surface area contributed by atoms with Crippen molar-refractivity contribution in [3.8, 4) is 22.9 Å². The zero-order valence-electron chi connectivity index (χ0n) is 16.0. The number of nitriles is 1. The molecule has 1 aromatic heterocycles. The molecule has 1 heterocycles. The van der Waals surface area contributed by atoms with Crippen molar-refractivity contribution in [1.82, 2.24) is 5.16 Å². The van der Waals surface area contributed by atoms with Crippen LogP contribution >= 0.6 is 0 Å². The van der Waals surface area contributed by atoms with Crippen molar-refractivity contribution >= 4 is 11.8 Å². The Hall–Kier alpha value is -3.59. The van der Waals surface area contributed by atoms with E-state index in [1.54, 1.807) is 30.3 Å². The predicted octanol–water partition coefficient (Wildman–Crippen LogP) is 4.53. The number of hydrogen-bond donors (Lipinski definition) is 1. The number of anilines is 1. The molecule has 0 aliphatic carbocycles. The zero-order valence-corrected chi connectivity index (χ0v) is 16.0. The molecule has 1 amide bonds. The fraction of sp³-hybridized carbons (Fsp3) is 0.227. The molecule has 0 radical (unpaired) electrons. The molecule has 0 aliphatic heterocycles. The first-order chi connectivity index (χ1) is 13.3. The van der Waals surface area contributed by atoms with E-state index in [0.29, 0.717) is 17.2 Å². The van der Waals surface area contributed by atoms with E-state index in [-0.39, 0.29) is 17.9 Å². The van der Waals surface area contributed by atoms with Gasteiger partial charge in [0.15, 0.2) is 6.61 Å². The van der Waals surface area contributed by atoms with Gasteiger partial charge in [-0.25, -0.2) is 0 Å². The van der Waals surface area contributed by atoms with Crippen molar-refractivity contribution in [2.75, 3.05) is 11.9 Å². The van der Waals surface area contributed by atoms with E-state index in [2.05, 4.69) is 16.5 Å². The molecule has 6 nitrogen and oxygen atoms in total. The second-order valence-corrected chi connectivity index (χ2v) is 7.38. The molecule has 0 atom stereocenters. The van der Waals surface area contributed by atoms with Gasteiger partial charge in [0.1, 0.15) is 5.75 Å². The van der Waals surface area contributed by atoms with E-state index in [9.17, 15) is 4.79 Å². The summed E-state index contributed by atoms with van der Waals surface area (Å²) in [4.78, 5) is 12.0. The van der Waals surface area contributed by atoms with Crippen molar-refractivity contribution in [2.24, 2.45) is 0 Å². The summed E-state index contributed by atoms with van der Waals surface area (Å²) in [6.07, 6.45) is 0. The lowest BCUT2D eigenvalue weighted by atomic mass is 9.92. The minimum absolute atomic E-state index is 0.137. The SMILES string of the molecule is CC(C)(C)c1cc(NC(=O)COc2ccc(-c3ccc(C#N)cc3)cc2)on1. The van der Waals surface area contributed by atoms with Crippen LogP contribution in [0, 0.1) is 11.3 Å². The third kappa shape index (κ3) is 4.77. The number of nitrogens with zero attached hydrogens (tertiary/aromatic N) is 2. The van der Waals surface area contributed by atoms with Crippen LogP contribution in [0.2, 0.25) is 0 Å². The topological polar surface area (TPSA) is 88.1 Å². The zero-order chi connectivity index (χ0) is 20.1. The van der Waals surface area contributed by atoms with Crippen LogP contribution in [0.3, 0.4) is 0 Å². The number of carbonyl (C=O) groups excluding carboxylic acids is 1. The summed E-state index contributed by atoms with van der Waals surface area (Å²) in [6.45, 7) is 5.91. The first-order valence-electron chi connectivity index (χ1n) is 8.85. The molecule has 3 rings (SSSR count). The van der Waals surface area contributed by atoms with Gasteiger partial charge in [0.05, 0.1) is 17.3 Å². The normalized spacial score (nSPS) is 10.9. The molecule has 6 heteroatoms. The molecule has 0 saturated carbocycles. The van der Waals surface area contributed by atoms with Crippen LogP contribution in [0.5, 0.6) is 5.75 Å². The van der Waals surface area contributed by atoms with Gasteiger partial charge >= 0.3 is 0 Å². The lowest BCUT2D eigenvalue weighted by Crippen LogP contribution is -2.19.